The predicted molar refractivity (Wildman–Crippen MR) is 97.4 cm³/mol. The number of nitrogens with zero attached hydrogens (tertiary/aromatic N) is 1. The summed E-state index contributed by atoms with van der Waals surface area (Å²) in [7, 11) is 0. The quantitative estimate of drug-likeness (QED) is 0.549. The molecule has 1 aliphatic heterocycles. The molecule has 0 spiro atoms. The van der Waals surface area contributed by atoms with E-state index in [1.807, 2.05) is 0 Å². The van der Waals surface area contributed by atoms with Crippen molar-refractivity contribution < 1.29 is 23.9 Å². The Morgan fingerprint density at radius 1 is 1.33 bits per heavy atom. The number of ether oxygens (including phenoxy) is 1. The molecule has 4 amide bonds. The molecule has 2 aliphatic rings. The number of urea groups is 1. The molecule has 0 bridgehead atoms. The number of hydrogen-bond acceptors (Lipinski definition) is 5. The van der Waals surface area contributed by atoms with Gasteiger partial charge in [-0.25, -0.2) is 4.79 Å². The van der Waals surface area contributed by atoms with Gasteiger partial charge in [-0.1, -0.05) is 29.3 Å². The second kappa shape index (κ2) is 7.36. The third-order valence-corrected chi connectivity index (χ3v) is 5.39. The van der Waals surface area contributed by atoms with Crippen LogP contribution in [-0.2, 0) is 19.1 Å². The third-order valence-electron chi connectivity index (χ3n) is 4.57. The zero-order chi connectivity index (χ0) is 19.8. The minimum absolute atomic E-state index is 0.0863. The summed E-state index contributed by atoms with van der Waals surface area (Å²) in [6, 6.07) is 4.07. The molecule has 1 aromatic rings. The van der Waals surface area contributed by atoms with E-state index in [4.69, 9.17) is 27.9 Å². The van der Waals surface area contributed by atoms with Crippen LogP contribution in [0.1, 0.15) is 19.8 Å². The summed E-state index contributed by atoms with van der Waals surface area (Å²) in [5, 5.41) is 5.52. The molecule has 0 radical (unpaired) electrons. The third kappa shape index (κ3) is 4.01. The number of hydrogen-bond donors (Lipinski definition) is 2. The van der Waals surface area contributed by atoms with E-state index >= 15 is 0 Å². The minimum atomic E-state index is -0.974. The number of halogens is 2. The van der Waals surface area contributed by atoms with Gasteiger partial charge in [-0.05, 0) is 37.8 Å². The molecule has 2 N–H and O–H groups in total. The molecule has 144 valence electrons. The SMILES string of the molecule is C[C@@]1(C2CC2)NC(=O)N(CC(=O)OCC(=O)Nc2cccc(Cl)c2Cl)C1=O. The fourth-order valence-electron chi connectivity index (χ4n) is 2.90. The monoisotopic (exact) mass is 413 g/mol. The van der Waals surface area contributed by atoms with Gasteiger partial charge in [-0.3, -0.25) is 19.3 Å². The molecule has 27 heavy (non-hydrogen) atoms. The van der Waals surface area contributed by atoms with Crippen molar-refractivity contribution >= 4 is 52.7 Å². The maximum absolute atomic E-state index is 12.4. The van der Waals surface area contributed by atoms with E-state index in [1.165, 1.54) is 0 Å². The van der Waals surface area contributed by atoms with Crippen LogP contribution in [0.2, 0.25) is 10.0 Å². The van der Waals surface area contributed by atoms with Crippen LogP contribution in [0.5, 0.6) is 0 Å². The highest BCUT2D eigenvalue weighted by molar-refractivity contribution is 6.44. The predicted octanol–water partition coefficient (Wildman–Crippen LogP) is 2.20. The summed E-state index contributed by atoms with van der Waals surface area (Å²) in [4.78, 5) is 49.1. The molecule has 1 saturated heterocycles. The first-order valence-corrected chi connectivity index (χ1v) is 9.01. The van der Waals surface area contributed by atoms with Crippen molar-refractivity contribution in [2.45, 2.75) is 25.3 Å². The van der Waals surface area contributed by atoms with Gasteiger partial charge in [-0.2, -0.15) is 0 Å². The Hall–Kier alpha value is -2.32. The molecule has 0 aromatic heterocycles. The normalized spacial score (nSPS) is 21.8. The highest BCUT2D eigenvalue weighted by Crippen LogP contribution is 2.42. The molecule has 0 unspecified atom stereocenters. The maximum Gasteiger partial charge on any atom is 0.326 e. The van der Waals surface area contributed by atoms with Gasteiger partial charge in [0.2, 0.25) is 0 Å². The fraction of sp³-hybridized carbons (Fsp3) is 0.412. The Kier molecular flexibility index (Phi) is 5.30. The molecule has 1 heterocycles. The van der Waals surface area contributed by atoms with E-state index in [2.05, 4.69) is 10.6 Å². The van der Waals surface area contributed by atoms with Crippen molar-refractivity contribution in [1.29, 1.82) is 0 Å². The standard InChI is InChI=1S/C17H17Cl2N3O5/c1-17(9-5-6-9)15(25)22(16(26)21-17)7-13(24)27-8-12(23)20-11-4-2-3-10(18)14(11)19/h2-4,9H,5-8H2,1H3,(H,20,23)(H,21,26)/t17-/m0/s1. The van der Waals surface area contributed by atoms with Crippen molar-refractivity contribution in [1.82, 2.24) is 10.2 Å². The van der Waals surface area contributed by atoms with Crippen LogP contribution in [0.15, 0.2) is 18.2 Å². The van der Waals surface area contributed by atoms with Crippen molar-refractivity contribution in [3.05, 3.63) is 28.2 Å². The van der Waals surface area contributed by atoms with Gasteiger partial charge >= 0.3 is 12.0 Å². The average molecular weight is 414 g/mol. The lowest BCUT2D eigenvalue weighted by Gasteiger charge is -2.20. The van der Waals surface area contributed by atoms with Gasteiger partial charge < -0.3 is 15.4 Å². The van der Waals surface area contributed by atoms with Crippen LogP contribution in [-0.4, -0.2) is 47.4 Å². The number of carbonyl (C=O) groups is 4. The Bertz CT molecular complexity index is 827. The van der Waals surface area contributed by atoms with Crippen LogP contribution in [0.4, 0.5) is 10.5 Å². The number of rotatable bonds is 6. The van der Waals surface area contributed by atoms with Gasteiger partial charge in [0, 0.05) is 0 Å². The highest BCUT2D eigenvalue weighted by Gasteiger charge is 2.56. The van der Waals surface area contributed by atoms with Crippen molar-refractivity contribution in [3.63, 3.8) is 0 Å². The summed E-state index contributed by atoms with van der Waals surface area (Å²) >= 11 is 11.8. The number of carbonyl (C=O) groups excluding carboxylic acids is 4. The number of anilines is 1. The Morgan fingerprint density at radius 3 is 2.70 bits per heavy atom. The molecule has 1 aromatic carbocycles. The second-order valence-electron chi connectivity index (χ2n) is 6.61. The smallest absolute Gasteiger partial charge is 0.326 e. The molecule has 3 rings (SSSR count). The zero-order valence-corrected chi connectivity index (χ0v) is 15.9. The van der Waals surface area contributed by atoms with E-state index in [9.17, 15) is 19.2 Å². The summed E-state index contributed by atoms with van der Waals surface area (Å²) in [6.07, 6.45) is 1.71. The summed E-state index contributed by atoms with van der Waals surface area (Å²) in [5.74, 6) is -1.87. The maximum atomic E-state index is 12.4. The lowest BCUT2D eigenvalue weighted by Crippen LogP contribution is -2.46. The fourth-order valence-corrected chi connectivity index (χ4v) is 3.25. The minimum Gasteiger partial charge on any atom is -0.454 e. The summed E-state index contributed by atoms with van der Waals surface area (Å²) in [5.41, 5.74) is -0.697. The van der Waals surface area contributed by atoms with E-state index in [0.29, 0.717) is 0 Å². The van der Waals surface area contributed by atoms with Crippen LogP contribution in [0.3, 0.4) is 0 Å². The summed E-state index contributed by atoms with van der Waals surface area (Å²) in [6.45, 7) is 0.502. The first-order valence-electron chi connectivity index (χ1n) is 8.26. The highest BCUT2D eigenvalue weighted by atomic mass is 35.5. The van der Waals surface area contributed by atoms with Crippen molar-refractivity contribution in [2.24, 2.45) is 5.92 Å². The molecule has 2 fully saturated rings. The van der Waals surface area contributed by atoms with E-state index < -0.39 is 42.5 Å². The number of esters is 1. The van der Waals surface area contributed by atoms with Crippen LogP contribution < -0.4 is 10.6 Å². The molecular formula is C17H17Cl2N3O5. The number of nitrogens with one attached hydrogen (secondary N) is 2. The van der Waals surface area contributed by atoms with Gasteiger partial charge in [0.05, 0.1) is 15.7 Å². The number of benzene rings is 1. The van der Waals surface area contributed by atoms with Gasteiger partial charge in [-0.15, -0.1) is 0 Å². The lowest BCUT2D eigenvalue weighted by molar-refractivity contribution is -0.150. The molecule has 1 atom stereocenters. The van der Waals surface area contributed by atoms with Crippen LogP contribution >= 0.6 is 23.2 Å². The molecule has 1 aliphatic carbocycles. The van der Waals surface area contributed by atoms with Gasteiger partial charge in [0.1, 0.15) is 12.1 Å². The largest absolute Gasteiger partial charge is 0.454 e. The average Bonchev–Trinajstić information content (AvgIpc) is 3.43. The molecule has 10 heteroatoms. The molecule has 8 nitrogen and oxygen atoms in total. The van der Waals surface area contributed by atoms with E-state index in [-0.39, 0.29) is 21.7 Å². The number of imide groups is 1. The van der Waals surface area contributed by atoms with Crippen molar-refractivity contribution in [3.8, 4) is 0 Å². The molecule has 1 saturated carbocycles. The topological polar surface area (TPSA) is 105 Å². The Balaban J connectivity index is 1.51. The first-order chi connectivity index (χ1) is 12.7. The van der Waals surface area contributed by atoms with Gasteiger partial charge in [0.25, 0.3) is 11.8 Å². The first kappa shape index (κ1) is 19.4. The van der Waals surface area contributed by atoms with Crippen LogP contribution in [0, 0.1) is 5.92 Å². The van der Waals surface area contributed by atoms with E-state index in [0.717, 1.165) is 17.7 Å². The van der Waals surface area contributed by atoms with E-state index in [1.54, 1.807) is 25.1 Å². The molecular weight excluding hydrogens is 397 g/mol. The summed E-state index contributed by atoms with van der Waals surface area (Å²) < 4.78 is 4.85. The number of amides is 4. The van der Waals surface area contributed by atoms with Crippen LogP contribution in [0.25, 0.3) is 0 Å². The lowest BCUT2D eigenvalue weighted by atomic mass is 9.96. The van der Waals surface area contributed by atoms with Crippen molar-refractivity contribution in [2.75, 3.05) is 18.5 Å². The van der Waals surface area contributed by atoms with Gasteiger partial charge in [0.15, 0.2) is 6.61 Å². The Labute approximate surface area is 165 Å². The zero-order valence-electron chi connectivity index (χ0n) is 14.4. The second-order valence-corrected chi connectivity index (χ2v) is 7.39. The Morgan fingerprint density at radius 2 is 2.04 bits per heavy atom.